The Kier molecular flexibility index (Phi) is 4.16. The van der Waals surface area contributed by atoms with Crippen molar-refractivity contribution in [3.63, 3.8) is 0 Å². The summed E-state index contributed by atoms with van der Waals surface area (Å²) in [6, 6.07) is 11.9. The molecule has 28 heavy (non-hydrogen) atoms. The highest BCUT2D eigenvalue weighted by atomic mass is 16.5. The summed E-state index contributed by atoms with van der Waals surface area (Å²) < 4.78 is 7.88. The molecule has 0 saturated carbocycles. The van der Waals surface area contributed by atoms with E-state index in [-0.39, 0.29) is 18.1 Å². The van der Waals surface area contributed by atoms with Gasteiger partial charge in [0.25, 0.3) is 5.91 Å². The molecular formula is C21H21N5O2. The van der Waals surface area contributed by atoms with Crippen molar-refractivity contribution in [3.8, 4) is 11.1 Å². The molecular weight excluding hydrogens is 354 g/mol. The highest BCUT2D eigenvalue weighted by Crippen LogP contribution is 2.32. The molecule has 1 saturated heterocycles. The average Bonchev–Trinajstić information content (AvgIpc) is 3.23. The predicted octanol–water partition coefficient (Wildman–Crippen LogP) is 2.63. The van der Waals surface area contributed by atoms with Gasteiger partial charge in [0.15, 0.2) is 0 Å². The number of carbonyl (C=O) groups is 1. The van der Waals surface area contributed by atoms with Crippen LogP contribution in [0.4, 0.5) is 0 Å². The Bertz CT molecular complexity index is 1020. The standard InChI is InChI=1S/C21H21N5O2/c1-14-20(17(7-9-22-14)15-5-3-2-4-6-15)21(27)25-10-8-19-18(12-25)26-16(13-28-19)11-23-24-26/h2-7,9,11,18-19H,8,10,12-13H2,1H3. The van der Waals surface area contributed by atoms with E-state index in [9.17, 15) is 4.79 Å². The fraction of sp³-hybridized carbons (Fsp3) is 0.333. The Morgan fingerprint density at radius 2 is 2.07 bits per heavy atom. The third-order valence-corrected chi connectivity index (χ3v) is 5.65. The summed E-state index contributed by atoms with van der Waals surface area (Å²) in [6.45, 7) is 3.64. The number of likely N-dealkylation sites (tertiary alicyclic amines) is 1. The number of aromatic nitrogens is 4. The van der Waals surface area contributed by atoms with Gasteiger partial charge in [-0.2, -0.15) is 0 Å². The number of amides is 1. The molecule has 1 fully saturated rings. The minimum atomic E-state index is 0.00102. The molecule has 2 unspecified atom stereocenters. The van der Waals surface area contributed by atoms with Gasteiger partial charge in [-0.05, 0) is 30.5 Å². The van der Waals surface area contributed by atoms with E-state index in [4.69, 9.17) is 4.74 Å². The molecule has 7 nitrogen and oxygen atoms in total. The first-order chi connectivity index (χ1) is 13.7. The number of piperidine rings is 1. The Hall–Kier alpha value is -3.06. The third-order valence-electron chi connectivity index (χ3n) is 5.65. The summed E-state index contributed by atoms with van der Waals surface area (Å²) in [5.74, 6) is 0.00939. The van der Waals surface area contributed by atoms with Crippen LogP contribution in [-0.2, 0) is 11.3 Å². The van der Waals surface area contributed by atoms with Crippen molar-refractivity contribution in [3.05, 3.63) is 65.7 Å². The maximum atomic E-state index is 13.5. The van der Waals surface area contributed by atoms with E-state index in [1.807, 2.05) is 52.9 Å². The van der Waals surface area contributed by atoms with E-state index in [0.717, 1.165) is 28.9 Å². The molecule has 5 rings (SSSR count). The number of hydrogen-bond donors (Lipinski definition) is 0. The fourth-order valence-electron chi connectivity index (χ4n) is 4.22. The number of ether oxygens (including phenoxy) is 1. The summed E-state index contributed by atoms with van der Waals surface area (Å²) >= 11 is 0. The zero-order valence-corrected chi connectivity index (χ0v) is 15.7. The van der Waals surface area contributed by atoms with Gasteiger partial charge in [0.2, 0.25) is 0 Å². The van der Waals surface area contributed by atoms with Crippen LogP contribution in [0.25, 0.3) is 11.1 Å². The molecule has 0 aliphatic carbocycles. The fourth-order valence-corrected chi connectivity index (χ4v) is 4.22. The van der Waals surface area contributed by atoms with Crippen LogP contribution in [0.1, 0.15) is 34.2 Å². The van der Waals surface area contributed by atoms with Crippen molar-refractivity contribution in [1.29, 1.82) is 0 Å². The van der Waals surface area contributed by atoms with Crippen LogP contribution in [0.5, 0.6) is 0 Å². The van der Waals surface area contributed by atoms with Crippen molar-refractivity contribution in [2.45, 2.75) is 32.1 Å². The zero-order chi connectivity index (χ0) is 19.1. The lowest BCUT2D eigenvalue weighted by Gasteiger charge is -2.41. The van der Waals surface area contributed by atoms with Crippen LogP contribution < -0.4 is 0 Å². The number of fused-ring (bicyclic) bond motifs is 3. The Morgan fingerprint density at radius 1 is 1.21 bits per heavy atom. The molecule has 0 radical (unpaired) electrons. The molecule has 1 amide bonds. The largest absolute Gasteiger partial charge is 0.370 e. The van der Waals surface area contributed by atoms with Gasteiger partial charge in [-0.1, -0.05) is 35.5 Å². The van der Waals surface area contributed by atoms with E-state index in [0.29, 0.717) is 25.3 Å². The molecule has 2 aromatic heterocycles. The molecule has 3 aromatic rings. The molecule has 2 aliphatic rings. The second kappa shape index (κ2) is 6.83. The Morgan fingerprint density at radius 3 is 2.93 bits per heavy atom. The minimum Gasteiger partial charge on any atom is -0.370 e. The second-order valence-corrected chi connectivity index (χ2v) is 7.31. The number of aryl methyl sites for hydroxylation is 1. The molecule has 142 valence electrons. The van der Waals surface area contributed by atoms with Gasteiger partial charge >= 0.3 is 0 Å². The number of rotatable bonds is 2. The lowest BCUT2D eigenvalue weighted by Crippen LogP contribution is -2.50. The smallest absolute Gasteiger partial charge is 0.256 e. The van der Waals surface area contributed by atoms with Crippen molar-refractivity contribution in [1.82, 2.24) is 24.9 Å². The average molecular weight is 375 g/mol. The van der Waals surface area contributed by atoms with Crippen molar-refractivity contribution in [2.75, 3.05) is 13.1 Å². The lowest BCUT2D eigenvalue weighted by atomic mass is 9.96. The zero-order valence-electron chi connectivity index (χ0n) is 15.7. The number of benzene rings is 1. The topological polar surface area (TPSA) is 73.1 Å². The molecule has 4 heterocycles. The van der Waals surface area contributed by atoms with Gasteiger partial charge in [0, 0.05) is 19.3 Å². The normalized spacial score (nSPS) is 21.1. The molecule has 1 aromatic carbocycles. The van der Waals surface area contributed by atoms with E-state index in [2.05, 4.69) is 15.3 Å². The number of pyridine rings is 1. The Labute approximate surface area is 163 Å². The van der Waals surface area contributed by atoms with Gasteiger partial charge in [0.1, 0.15) is 0 Å². The van der Waals surface area contributed by atoms with Crippen molar-refractivity contribution < 1.29 is 9.53 Å². The summed E-state index contributed by atoms with van der Waals surface area (Å²) in [7, 11) is 0. The van der Waals surface area contributed by atoms with Gasteiger partial charge in [-0.3, -0.25) is 9.78 Å². The molecule has 0 N–H and O–H groups in total. The second-order valence-electron chi connectivity index (χ2n) is 7.31. The first-order valence-electron chi connectivity index (χ1n) is 9.53. The van der Waals surface area contributed by atoms with Gasteiger partial charge in [0.05, 0.1) is 41.9 Å². The van der Waals surface area contributed by atoms with Crippen LogP contribution in [0.3, 0.4) is 0 Å². The highest BCUT2D eigenvalue weighted by Gasteiger charge is 2.38. The molecule has 2 aliphatic heterocycles. The highest BCUT2D eigenvalue weighted by molar-refractivity contribution is 6.01. The van der Waals surface area contributed by atoms with E-state index in [1.54, 1.807) is 12.4 Å². The van der Waals surface area contributed by atoms with Crippen LogP contribution in [0, 0.1) is 6.92 Å². The SMILES string of the molecule is Cc1nccc(-c2ccccc2)c1C(=O)N1CCC2OCc3cnnn3C2C1. The molecule has 0 bridgehead atoms. The molecule has 0 spiro atoms. The number of carbonyl (C=O) groups excluding carboxylic acids is 1. The van der Waals surface area contributed by atoms with Gasteiger partial charge in [-0.15, -0.1) is 5.10 Å². The van der Waals surface area contributed by atoms with Gasteiger partial charge < -0.3 is 9.64 Å². The van der Waals surface area contributed by atoms with E-state index in [1.165, 1.54) is 0 Å². The lowest BCUT2D eigenvalue weighted by molar-refractivity contribution is -0.0605. The van der Waals surface area contributed by atoms with Crippen molar-refractivity contribution >= 4 is 5.91 Å². The molecule has 7 heteroatoms. The van der Waals surface area contributed by atoms with E-state index >= 15 is 0 Å². The maximum Gasteiger partial charge on any atom is 0.256 e. The van der Waals surface area contributed by atoms with Gasteiger partial charge in [-0.25, -0.2) is 4.68 Å². The summed E-state index contributed by atoms with van der Waals surface area (Å²) in [5.41, 5.74) is 4.31. The number of hydrogen-bond acceptors (Lipinski definition) is 5. The van der Waals surface area contributed by atoms with Crippen molar-refractivity contribution in [2.24, 2.45) is 0 Å². The first kappa shape index (κ1) is 17.1. The van der Waals surface area contributed by atoms with Crippen LogP contribution >= 0.6 is 0 Å². The molecule has 2 atom stereocenters. The third kappa shape index (κ3) is 2.79. The van der Waals surface area contributed by atoms with Crippen LogP contribution in [-0.4, -0.2) is 50.0 Å². The Balaban J connectivity index is 1.49. The summed E-state index contributed by atoms with van der Waals surface area (Å²) in [6.07, 6.45) is 4.35. The maximum absolute atomic E-state index is 13.5. The first-order valence-corrected chi connectivity index (χ1v) is 9.53. The monoisotopic (exact) mass is 375 g/mol. The summed E-state index contributed by atoms with van der Waals surface area (Å²) in [5, 5.41) is 8.24. The number of nitrogens with zero attached hydrogens (tertiary/aromatic N) is 5. The minimum absolute atomic E-state index is 0.00102. The van der Waals surface area contributed by atoms with Crippen LogP contribution in [0.15, 0.2) is 48.8 Å². The van der Waals surface area contributed by atoms with Crippen LogP contribution in [0.2, 0.25) is 0 Å². The summed E-state index contributed by atoms with van der Waals surface area (Å²) in [4.78, 5) is 19.8. The van der Waals surface area contributed by atoms with E-state index < -0.39 is 0 Å². The quantitative estimate of drug-likeness (QED) is 0.688. The predicted molar refractivity (Wildman–Crippen MR) is 103 cm³/mol.